The number of rotatable bonds is 6. The second kappa shape index (κ2) is 8.06. The summed E-state index contributed by atoms with van der Waals surface area (Å²) in [6.07, 6.45) is 0. The lowest BCUT2D eigenvalue weighted by molar-refractivity contribution is -0.150. The number of Topliss-reactive ketones (excluding diaryl/α,β-unsaturated/α-hetero) is 1. The lowest BCUT2D eigenvalue weighted by Gasteiger charge is -2.25. The molecule has 2 rings (SSSR count). The number of carbonyl (C=O) groups excluding carboxylic acids is 3. The number of benzene rings is 2. The Balaban J connectivity index is 2.38. The summed E-state index contributed by atoms with van der Waals surface area (Å²) in [5, 5.41) is 2.79. The van der Waals surface area contributed by atoms with Gasteiger partial charge in [0.2, 0.25) is 0 Å². The van der Waals surface area contributed by atoms with E-state index in [1.165, 1.54) is 14.0 Å². The summed E-state index contributed by atoms with van der Waals surface area (Å²) in [5.41, 5.74) is 1.11. The molecule has 2 aromatic carbocycles. The highest BCUT2D eigenvalue weighted by atomic mass is 16.5. The van der Waals surface area contributed by atoms with Gasteiger partial charge in [0.1, 0.15) is 11.7 Å². The molecule has 2 unspecified atom stereocenters. The quantitative estimate of drug-likeness (QED) is 0.654. The predicted octanol–water partition coefficient (Wildman–Crippen LogP) is 2.54. The first-order chi connectivity index (χ1) is 11.5. The van der Waals surface area contributed by atoms with Crippen molar-refractivity contribution < 1.29 is 19.1 Å². The van der Waals surface area contributed by atoms with Crippen LogP contribution in [0.3, 0.4) is 0 Å². The van der Waals surface area contributed by atoms with Crippen molar-refractivity contribution in [1.82, 2.24) is 5.32 Å². The van der Waals surface area contributed by atoms with Crippen LogP contribution in [0.5, 0.6) is 0 Å². The highest BCUT2D eigenvalue weighted by molar-refractivity contribution is 6.00. The van der Waals surface area contributed by atoms with Crippen LogP contribution in [0, 0.1) is 5.92 Å². The fourth-order valence-corrected chi connectivity index (χ4v) is 2.50. The summed E-state index contributed by atoms with van der Waals surface area (Å²) in [7, 11) is 1.22. The Bertz CT molecular complexity index is 713. The van der Waals surface area contributed by atoms with Crippen LogP contribution in [0.1, 0.15) is 28.9 Å². The normalized spacial score (nSPS) is 12.8. The second-order valence-corrected chi connectivity index (χ2v) is 5.34. The third-order valence-corrected chi connectivity index (χ3v) is 3.71. The number of nitrogens with one attached hydrogen (secondary N) is 1. The summed E-state index contributed by atoms with van der Waals surface area (Å²) >= 11 is 0. The molecule has 1 amide bonds. The van der Waals surface area contributed by atoms with Crippen molar-refractivity contribution in [2.45, 2.75) is 13.0 Å². The van der Waals surface area contributed by atoms with Crippen molar-refractivity contribution in [3.8, 4) is 0 Å². The number of hydrogen-bond acceptors (Lipinski definition) is 4. The van der Waals surface area contributed by atoms with Gasteiger partial charge in [0, 0.05) is 5.56 Å². The maximum absolute atomic E-state index is 12.5. The van der Waals surface area contributed by atoms with E-state index in [0.717, 1.165) is 0 Å². The van der Waals surface area contributed by atoms with E-state index < -0.39 is 17.9 Å². The van der Waals surface area contributed by atoms with E-state index in [1.807, 2.05) is 6.07 Å². The van der Waals surface area contributed by atoms with Gasteiger partial charge in [-0.05, 0) is 24.6 Å². The Morgan fingerprint density at radius 3 is 1.96 bits per heavy atom. The van der Waals surface area contributed by atoms with Crippen LogP contribution in [0.2, 0.25) is 0 Å². The summed E-state index contributed by atoms with van der Waals surface area (Å²) in [6.45, 7) is 1.31. The van der Waals surface area contributed by atoms with Crippen LogP contribution in [0.25, 0.3) is 0 Å². The van der Waals surface area contributed by atoms with Crippen LogP contribution >= 0.6 is 0 Å². The average Bonchev–Trinajstić information content (AvgIpc) is 2.62. The molecule has 0 fully saturated rings. The van der Waals surface area contributed by atoms with Gasteiger partial charge in [-0.15, -0.1) is 0 Å². The monoisotopic (exact) mass is 325 g/mol. The van der Waals surface area contributed by atoms with E-state index in [2.05, 4.69) is 5.32 Å². The van der Waals surface area contributed by atoms with E-state index in [0.29, 0.717) is 11.1 Å². The van der Waals surface area contributed by atoms with Gasteiger partial charge >= 0.3 is 5.97 Å². The fraction of sp³-hybridized carbons (Fsp3) is 0.211. The molecule has 124 valence electrons. The van der Waals surface area contributed by atoms with Crippen molar-refractivity contribution >= 4 is 17.7 Å². The molecule has 5 nitrogen and oxygen atoms in total. The molecular formula is C19H19NO4. The summed E-state index contributed by atoms with van der Waals surface area (Å²) in [5.74, 6) is -2.52. The van der Waals surface area contributed by atoms with Gasteiger partial charge in [0.15, 0.2) is 0 Å². The van der Waals surface area contributed by atoms with Gasteiger partial charge in [-0.1, -0.05) is 48.5 Å². The van der Waals surface area contributed by atoms with Gasteiger partial charge in [-0.2, -0.15) is 0 Å². The maximum atomic E-state index is 12.5. The van der Waals surface area contributed by atoms with E-state index >= 15 is 0 Å². The zero-order valence-electron chi connectivity index (χ0n) is 13.6. The van der Waals surface area contributed by atoms with Crippen molar-refractivity contribution in [3.63, 3.8) is 0 Å². The third-order valence-electron chi connectivity index (χ3n) is 3.71. The first-order valence-electron chi connectivity index (χ1n) is 7.53. The largest absolute Gasteiger partial charge is 0.468 e. The zero-order valence-corrected chi connectivity index (χ0v) is 13.6. The summed E-state index contributed by atoms with van der Waals surface area (Å²) < 4.78 is 4.75. The van der Waals surface area contributed by atoms with Crippen LogP contribution < -0.4 is 5.32 Å². The molecule has 0 aliphatic rings. The molecule has 1 N–H and O–H groups in total. The smallest absolute Gasteiger partial charge is 0.318 e. The molecule has 0 heterocycles. The van der Waals surface area contributed by atoms with Crippen LogP contribution in [0.4, 0.5) is 0 Å². The van der Waals surface area contributed by atoms with Crippen molar-refractivity contribution in [1.29, 1.82) is 0 Å². The number of carbonyl (C=O) groups is 3. The Hall–Kier alpha value is -2.95. The topological polar surface area (TPSA) is 72.5 Å². The molecule has 0 aromatic heterocycles. The van der Waals surface area contributed by atoms with Gasteiger partial charge < -0.3 is 10.1 Å². The number of hydrogen-bond donors (Lipinski definition) is 1. The number of ketones is 1. The molecular weight excluding hydrogens is 306 g/mol. The van der Waals surface area contributed by atoms with E-state index in [1.54, 1.807) is 54.6 Å². The van der Waals surface area contributed by atoms with Crippen LogP contribution in [-0.2, 0) is 14.3 Å². The first kappa shape index (κ1) is 17.4. The Kier molecular flexibility index (Phi) is 5.84. The second-order valence-electron chi connectivity index (χ2n) is 5.34. The van der Waals surface area contributed by atoms with Crippen LogP contribution in [0.15, 0.2) is 60.7 Å². The molecule has 5 heteroatoms. The van der Waals surface area contributed by atoms with Gasteiger partial charge in [0.05, 0.1) is 13.2 Å². The molecule has 0 radical (unpaired) electrons. The molecule has 24 heavy (non-hydrogen) atoms. The minimum absolute atomic E-state index is 0.361. The van der Waals surface area contributed by atoms with Gasteiger partial charge in [0.25, 0.3) is 5.91 Å². The zero-order chi connectivity index (χ0) is 17.5. The SMILES string of the molecule is COC(=O)C(C(C)=O)C(NC(=O)c1ccccc1)c1ccccc1. The molecule has 2 aromatic rings. The molecule has 0 saturated heterocycles. The Morgan fingerprint density at radius 1 is 0.917 bits per heavy atom. The Labute approximate surface area is 140 Å². The molecule has 0 bridgehead atoms. The van der Waals surface area contributed by atoms with Gasteiger partial charge in [-0.3, -0.25) is 14.4 Å². The maximum Gasteiger partial charge on any atom is 0.318 e. The summed E-state index contributed by atoms with van der Waals surface area (Å²) in [4.78, 5) is 36.6. The highest BCUT2D eigenvalue weighted by Gasteiger charge is 2.35. The minimum Gasteiger partial charge on any atom is -0.468 e. The number of esters is 1. The number of methoxy groups -OCH3 is 1. The van der Waals surface area contributed by atoms with E-state index in [4.69, 9.17) is 4.74 Å². The van der Waals surface area contributed by atoms with E-state index in [9.17, 15) is 14.4 Å². The molecule has 0 saturated carbocycles. The fourth-order valence-electron chi connectivity index (χ4n) is 2.50. The van der Waals surface area contributed by atoms with Crippen LogP contribution in [-0.4, -0.2) is 24.8 Å². The highest BCUT2D eigenvalue weighted by Crippen LogP contribution is 2.25. The van der Waals surface area contributed by atoms with E-state index in [-0.39, 0.29) is 11.7 Å². The van der Waals surface area contributed by atoms with Crippen molar-refractivity contribution in [2.75, 3.05) is 7.11 Å². The number of ether oxygens (including phenoxy) is 1. The third kappa shape index (κ3) is 4.07. The van der Waals surface area contributed by atoms with Crippen molar-refractivity contribution in [3.05, 3.63) is 71.8 Å². The standard InChI is InChI=1S/C19H19NO4/c1-13(21)16(19(23)24-2)17(14-9-5-3-6-10-14)20-18(22)15-11-7-4-8-12-15/h3-12,16-17H,1-2H3,(H,20,22). The van der Waals surface area contributed by atoms with Gasteiger partial charge in [-0.25, -0.2) is 0 Å². The molecule has 2 atom stereocenters. The van der Waals surface area contributed by atoms with Crippen molar-refractivity contribution in [2.24, 2.45) is 5.92 Å². The lowest BCUT2D eigenvalue weighted by atomic mass is 9.89. The molecule has 0 spiro atoms. The molecule has 0 aliphatic carbocycles. The summed E-state index contributed by atoms with van der Waals surface area (Å²) in [6, 6.07) is 16.7. The number of amides is 1. The first-order valence-corrected chi connectivity index (χ1v) is 7.53. The molecule has 0 aliphatic heterocycles. The predicted molar refractivity (Wildman–Crippen MR) is 89.3 cm³/mol. The average molecular weight is 325 g/mol. The lowest BCUT2D eigenvalue weighted by Crippen LogP contribution is -2.40. The Morgan fingerprint density at radius 2 is 1.46 bits per heavy atom. The minimum atomic E-state index is -1.11.